The summed E-state index contributed by atoms with van der Waals surface area (Å²) < 4.78 is 12.8. The standard InChI is InChI=1S/C12H19FN2O/c1-2-15(7-8-16)12(9-14)10-3-5-11(13)6-4-10/h3-6,12,16H,2,7-9,14H2,1H3. The minimum atomic E-state index is -0.246. The molecule has 0 saturated carbocycles. The van der Waals surface area contributed by atoms with Crippen LogP contribution in [0.15, 0.2) is 24.3 Å². The molecule has 1 rings (SSSR count). The summed E-state index contributed by atoms with van der Waals surface area (Å²) in [4.78, 5) is 2.08. The lowest BCUT2D eigenvalue weighted by Crippen LogP contribution is -2.35. The average molecular weight is 226 g/mol. The van der Waals surface area contributed by atoms with Crippen LogP contribution in [-0.4, -0.2) is 36.2 Å². The molecule has 4 heteroatoms. The predicted octanol–water partition coefficient (Wildman–Crippen LogP) is 1.14. The van der Waals surface area contributed by atoms with E-state index in [1.807, 2.05) is 6.92 Å². The van der Waals surface area contributed by atoms with Gasteiger partial charge in [-0.05, 0) is 24.2 Å². The number of likely N-dealkylation sites (N-methyl/N-ethyl adjacent to an activating group) is 1. The van der Waals surface area contributed by atoms with E-state index in [2.05, 4.69) is 4.90 Å². The molecule has 90 valence electrons. The zero-order valence-corrected chi connectivity index (χ0v) is 9.56. The topological polar surface area (TPSA) is 49.5 Å². The van der Waals surface area contributed by atoms with E-state index in [9.17, 15) is 4.39 Å². The number of rotatable bonds is 6. The molecular weight excluding hydrogens is 207 g/mol. The number of benzene rings is 1. The van der Waals surface area contributed by atoms with Gasteiger partial charge in [0.25, 0.3) is 0 Å². The van der Waals surface area contributed by atoms with E-state index in [0.29, 0.717) is 13.1 Å². The normalized spacial score (nSPS) is 13.1. The summed E-state index contributed by atoms with van der Waals surface area (Å²) in [7, 11) is 0. The van der Waals surface area contributed by atoms with Crippen molar-refractivity contribution in [1.29, 1.82) is 0 Å². The average Bonchev–Trinajstić information content (AvgIpc) is 2.31. The highest BCUT2D eigenvalue weighted by molar-refractivity contribution is 5.20. The van der Waals surface area contributed by atoms with Crippen LogP contribution in [0.2, 0.25) is 0 Å². The second-order valence-electron chi connectivity index (χ2n) is 3.66. The first-order valence-electron chi connectivity index (χ1n) is 5.53. The second-order valence-corrected chi connectivity index (χ2v) is 3.66. The Morgan fingerprint density at radius 2 is 2.00 bits per heavy atom. The maximum absolute atomic E-state index is 12.8. The van der Waals surface area contributed by atoms with E-state index in [4.69, 9.17) is 10.8 Å². The van der Waals surface area contributed by atoms with Gasteiger partial charge in [0, 0.05) is 19.1 Å². The van der Waals surface area contributed by atoms with Crippen molar-refractivity contribution in [3.05, 3.63) is 35.6 Å². The summed E-state index contributed by atoms with van der Waals surface area (Å²) in [6.07, 6.45) is 0. The van der Waals surface area contributed by atoms with Gasteiger partial charge < -0.3 is 10.8 Å². The molecule has 16 heavy (non-hydrogen) atoms. The van der Waals surface area contributed by atoms with Gasteiger partial charge in [0.1, 0.15) is 5.82 Å². The maximum atomic E-state index is 12.8. The van der Waals surface area contributed by atoms with Crippen molar-refractivity contribution >= 4 is 0 Å². The maximum Gasteiger partial charge on any atom is 0.123 e. The van der Waals surface area contributed by atoms with Crippen molar-refractivity contribution in [3.63, 3.8) is 0 Å². The molecule has 1 unspecified atom stereocenters. The van der Waals surface area contributed by atoms with E-state index in [1.165, 1.54) is 12.1 Å². The number of nitrogens with zero attached hydrogens (tertiary/aromatic N) is 1. The molecule has 1 aromatic carbocycles. The Balaban J connectivity index is 2.83. The quantitative estimate of drug-likeness (QED) is 0.764. The van der Waals surface area contributed by atoms with Crippen LogP contribution in [0.1, 0.15) is 18.5 Å². The SMILES string of the molecule is CCN(CCO)C(CN)c1ccc(F)cc1. The van der Waals surface area contributed by atoms with Gasteiger partial charge in [-0.3, -0.25) is 4.90 Å². The zero-order valence-electron chi connectivity index (χ0n) is 9.56. The third kappa shape index (κ3) is 3.27. The van der Waals surface area contributed by atoms with Gasteiger partial charge in [0.05, 0.1) is 6.61 Å². The van der Waals surface area contributed by atoms with Gasteiger partial charge in [-0.15, -0.1) is 0 Å². The summed E-state index contributed by atoms with van der Waals surface area (Å²) in [6, 6.07) is 6.40. The van der Waals surface area contributed by atoms with Crippen molar-refractivity contribution < 1.29 is 9.50 Å². The molecule has 0 aliphatic heterocycles. The lowest BCUT2D eigenvalue weighted by Gasteiger charge is -2.29. The summed E-state index contributed by atoms with van der Waals surface area (Å²) >= 11 is 0. The fourth-order valence-electron chi connectivity index (χ4n) is 1.84. The molecule has 0 saturated heterocycles. The molecule has 0 aliphatic rings. The Morgan fingerprint density at radius 3 is 2.44 bits per heavy atom. The highest BCUT2D eigenvalue weighted by atomic mass is 19.1. The number of hydrogen-bond acceptors (Lipinski definition) is 3. The highest BCUT2D eigenvalue weighted by Crippen LogP contribution is 2.19. The number of aliphatic hydroxyl groups excluding tert-OH is 1. The Labute approximate surface area is 95.7 Å². The third-order valence-corrected chi connectivity index (χ3v) is 2.71. The third-order valence-electron chi connectivity index (χ3n) is 2.71. The van der Waals surface area contributed by atoms with Crippen molar-refractivity contribution in [2.75, 3.05) is 26.2 Å². The molecule has 3 nitrogen and oxygen atoms in total. The minimum absolute atomic E-state index is 0.0396. The monoisotopic (exact) mass is 226 g/mol. The largest absolute Gasteiger partial charge is 0.395 e. The first-order chi connectivity index (χ1) is 7.72. The van der Waals surface area contributed by atoms with Crippen LogP contribution in [0.25, 0.3) is 0 Å². The Morgan fingerprint density at radius 1 is 1.38 bits per heavy atom. The van der Waals surface area contributed by atoms with Crippen LogP contribution in [0.3, 0.4) is 0 Å². The molecule has 0 aromatic heterocycles. The number of nitrogens with two attached hydrogens (primary N) is 1. The lowest BCUT2D eigenvalue weighted by molar-refractivity contribution is 0.160. The van der Waals surface area contributed by atoms with Gasteiger partial charge in [-0.2, -0.15) is 0 Å². The van der Waals surface area contributed by atoms with Crippen molar-refractivity contribution in [3.8, 4) is 0 Å². The molecule has 0 heterocycles. The molecule has 1 atom stereocenters. The van der Waals surface area contributed by atoms with Crippen molar-refractivity contribution in [1.82, 2.24) is 4.90 Å². The van der Waals surface area contributed by atoms with Crippen LogP contribution < -0.4 is 5.73 Å². The summed E-state index contributed by atoms with van der Waals surface area (Å²) in [6.45, 7) is 3.96. The van der Waals surface area contributed by atoms with E-state index in [1.54, 1.807) is 12.1 Å². The van der Waals surface area contributed by atoms with E-state index < -0.39 is 0 Å². The van der Waals surface area contributed by atoms with Crippen LogP contribution in [0.4, 0.5) is 4.39 Å². The Kier molecular flexibility index (Phi) is 5.38. The predicted molar refractivity (Wildman–Crippen MR) is 62.5 cm³/mol. The van der Waals surface area contributed by atoms with Crippen molar-refractivity contribution in [2.24, 2.45) is 5.73 Å². The summed E-state index contributed by atoms with van der Waals surface area (Å²) in [5, 5.41) is 8.96. The molecular formula is C12H19FN2O. The first-order valence-corrected chi connectivity index (χ1v) is 5.53. The van der Waals surface area contributed by atoms with Gasteiger partial charge in [-0.1, -0.05) is 19.1 Å². The second kappa shape index (κ2) is 6.58. The molecule has 3 N–H and O–H groups in total. The fourth-order valence-corrected chi connectivity index (χ4v) is 1.84. The van der Waals surface area contributed by atoms with Gasteiger partial charge in [-0.25, -0.2) is 4.39 Å². The Bertz CT molecular complexity index is 302. The van der Waals surface area contributed by atoms with Gasteiger partial charge in [0.2, 0.25) is 0 Å². The molecule has 0 bridgehead atoms. The summed E-state index contributed by atoms with van der Waals surface area (Å²) in [5.41, 5.74) is 6.72. The smallest absolute Gasteiger partial charge is 0.123 e. The highest BCUT2D eigenvalue weighted by Gasteiger charge is 2.16. The first kappa shape index (κ1) is 13.1. The minimum Gasteiger partial charge on any atom is -0.395 e. The van der Waals surface area contributed by atoms with E-state index in [-0.39, 0.29) is 18.5 Å². The molecule has 1 aromatic rings. The zero-order chi connectivity index (χ0) is 12.0. The van der Waals surface area contributed by atoms with Gasteiger partial charge in [0.15, 0.2) is 0 Å². The van der Waals surface area contributed by atoms with E-state index in [0.717, 1.165) is 12.1 Å². The number of hydrogen-bond donors (Lipinski definition) is 2. The van der Waals surface area contributed by atoms with Crippen LogP contribution in [-0.2, 0) is 0 Å². The Hall–Kier alpha value is -0.970. The summed E-state index contributed by atoms with van der Waals surface area (Å²) in [5.74, 6) is -0.246. The molecule has 0 amide bonds. The number of halogens is 1. The van der Waals surface area contributed by atoms with Crippen LogP contribution >= 0.6 is 0 Å². The molecule has 0 radical (unpaired) electrons. The lowest BCUT2D eigenvalue weighted by atomic mass is 10.1. The molecule has 0 spiro atoms. The molecule has 0 aliphatic carbocycles. The van der Waals surface area contributed by atoms with Crippen molar-refractivity contribution in [2.45, 2.75) is 13.0 Å². The van der Waals surface area contributed by atoms with Crippen LogP contribution in [0, 0.1) is 5.82 Å². The van der Waals surface area contributed by atoms with E-state index >= 15 is 0 Å². The van der Waals surface area contributed by atoms with Crippen LogP contribution in [0.5, 0.6) is 0 Å². The fraction of sp³-hybridized carbons (Fsp3) is 0.500. The van der Waals surface area contributed by atoms with Gasteiger partial charge >= 0.3 is 0 Å². The molecule has 0 fully saturated rings. The number of aliphatic hydroxyl groups is 1.